The van der Waals surface area contributed by atoms with Crippen molar-refractivity contribution in [1.29, 1.82) is 0 Å². The van der Waals surface area contributed by atoms with Gasteiger partial charge in [0.15, 0.2) is 0 Å². The first-order valence-corrected chi connectivity index (χ1v) is 22.0. The maximum atomic E-state index is 6.30. The zero-order valence-electron chi connectivity index (χ0n) is 34.9. The molecule has 10 aromatic carbocycles. The highest BCUT2D eigenvalue weighted by Crippen LogP contribution is 2.57. The molecule has 2 heterocycles. The molecule has 0 N–H and O–H groups in total. The number of para-hydroxylation sites is 3. The van der Waals surface area contributed by atoms with E-state index in [0.717, 1.165) is 55.8 Å². The number of fused-ring (bicyclic) bond motifs is 9. The van der Waals surface area contributed by atoms with E-state index in [1.165, 1.54) is 55.2 Å². The SMILES string of the molecule is c1ccc(C2(c3ccccc3)c3ccccc3-c3cc(N(c4ccc(-c5cccc6oc7ccccc7c56)cc4)c4ccc(-n5c6ccccc6c6ccccc65)cc4)ccc32)cc1. The van der Waals surface area contributed by atoms with Crippen LogP contribution in [0.5, 0.6) is 0 Å². The van der Waals surface area contributed by atoms with E-state index >= 15 is 0 Å². The van der Waals surface area contributed by atoms with Crippen molar-refractivity contribution < 1.29 is 4.42 Å². The minimum Gasteiger partial charge on any atom is -0.456 e. The van der Waals surface area contributed by atoms with Crippen LogP contribution < -0.4 is 4.90 Å². The Morgan fingerprint density at radius 2 is 0.875 bits per heavy atom. The monoisotopic (exact) mass is 816 g/mol. The average Bonchev–Trinajstić information content (AvgIpc) is 4.02. The lowest BCUT2D eigenvalue weighted by Crippen LogP contribution is -2.28. The first-order chi connectivity index (χ1) is 31.8. The third-order valence-electron chi connectivity index (χ3n) is 13.5. The van der Waals surface area contributed by atoms with E-state index in [9.17, 15) is 0 Å². The van der Waals surface area contributed by atoms with E-state index in [-0.39, 0.29) is 0 Å². The zero-order chi connectivity index (χ0) is 42.2. The Hall–Kier alpha value is -8.40. The molecule has 0 fully saturated rings. The topological polar surface area (TPSA) is 21.3 Å². The highest BCUT2D eigenvalue weighted by Gasteiger charge is 2.46. The van der Waals surface area contributed by atoms with Crippen LogP contribution in [0.3, 0.4) is 0 Å². The summed E-state index contributed by atoms with van der Waals surface area (Å²) in [6.07, 6.45) is 0. The number of nitrogens with zero attached hydrogens (tertiary/aromatic N) is 2. The molecule has 64 heavy (non-hydrogen) atoms. The standard InChI is InChI=1S/C61H40N2O/c1-3-16-42(17-4-1)61(43-18-5-2-6-19-43)54-25-11-7-20-49(54)53-40-47(38-39-55(53)61)62(44-32-30-41(31-33-44)48-24-15-29-59-60(48)52-23-10-14-28-58(52)64-59)45-34-36-46(37-35-45)63-56-26-12-8-21-50(56)51-22-9-13-27-57(51)63/h1-40H. The van der Waals surface area contributed by atoms with Gasteiger partial charge in [-0.05, 0) is 117 Å². The number of hydrogen-bond donors (Lipinski definition) is 0. The molecule has 12 aromatic rings. The smallest absolute Gasteiger partial charge is 0.136 e. The number of hydrogen-bond acceptors (Lipinski definition) is 2. The van der Waals surface area contributed by atoms with Gasteiger partial charge in [-0.25, -0.2) is 0 Å². The van der Waals surface area contributed by atoms with Gasteiger partial charge in [-0.3, -0.25) is 0 Å². The number of benzene rings is 10. The van der Waals surface area contributed by atoms with Crippen LogP contribution in [-0.2, 0) is 5.41 Å². The van der Waals surface area contributed by atoms with Crippen LogP contribution >= 0.6 is 0 Å². The summed E-state index contributed by atoms with van der Waals surface area (Å²) in [6, 6.07) is 88.3. The molecule has 0 aliphatic heterocycles. The number of furan rings is 1. The van der Waals surface area contributed by atoms with Crippen LogP contribution in [-0.4, -0.2) is 4.57 Å². The Labute approximate surface area is 371 Å². The molecule has 2 aromatic heterocycles. The van der Waals surface area contributed by atoms with Crippen LogP contribution in [0.4, 0.5) is 17.1 Å². The summed E-state index contributed by atoms with van der Waals surface area (Å²) in [5.41, 5.74) is 18.0. The largest absolute Gasteiger partial charge is 0.456 e. The summed E-state index contributed by atoms with van der Waals surface area (Å²) < 4.78 is 8.68. The lowest BCUT2D eigenvalue weighted by Gasteiger charge is -2.34. The quantitative estimate of drug-likeness (QED) is 0.160. The van der Waals surface area contributed by atoms with Crippen molar-refractivity contribution in [3.05, 3.63) is 265 Å². The molecule has 0 bridgehead atoms. The molecule has 0 saturated carbocycles. The predicted molar refractivity (Wildman–Crippen MR) is 265 cm³/mol. The highest BCUT2D eigenvalue weighted by molar-refractivity contribution is 6.12. The Morgan fingerprint density at radius 1 is 0.359 bits per heavy atom. The van der Waals surface area contributed by atoms with Crippen LogP contribution in [0.15, 0.2) is 247 Å². The van der Waals surface area contributed by atoms with Gasteiger partial charge < -0.3 is 13.9 Å². The number of anilines is 3. The zero-order valence-corrected chi connectivity index (χ0v) is 34.9. The van der Waals surface area contributed by atoms with E-state index in [2.05, 4.69) is 240 Å². The van der Waals surface area contributed by atoms with Gasteiger partial charge in [-0.1, -0.05) is 170 Å². The van der Waals surface area contributed by atoms with Gasteiger partial charge in [0.1, 0.15) is 11.2 Å². The summed E-state index contributed by atoms with van der Waals surface area (Å²) in [6.45, 7) is 0. The molecule has 3 nitrogen and oxygen atoms in total. The van der Waals surface area contributed by atoms with Gasteiger partial charge in [-0.2, -0.15) is 0 Å². The van der Waals surface area contributed by atoms with E-state index in [1.807, 2.05) is 12.1 Å². The van der Waals surface area contributed by atoms with E-state index in [0.29, 0.717) is 0 Å². The second-order valence-corrected chi connectivity index (χ2v) is 16.8. The van der Waals surface area contributed by atoms with E-state index < -0.39 is 5.41 Å². The summed E-state index contributed by atoms with van der Waals surface area (Å²) in [5, 5.41) is 4.77. The van der Waals surface area contributed by atoms with Crippen molar-refractivity contribution in [2.24, 2.45) is 0 Å². The predicted octanol–water partition coefficient (Wildman–Crippen LogP) is 16.2. The normalized spacial score (nSPS) is 12.8. The van der Waals surface area contributed by atoms with E-state index in [1.54, 1.807) is 0 Å². The van der Waals surface area contributed by atoms with Crippen molar-refractivity contribution in [2.45, 2.75) is 5.41 Å². The Balaban J connectivity index is 0.996. The molecule has 0 amide bonds. The molecule has 300 valence electrons. The highest BCUT2D eigenvalue weighted by atomic mass is 16.3. The molecule has 13 rings (SSSR count). The molecule has 0 unspecified atom stereocenters. The maximum Gasteiger partial charge on any atom is 0.136 e. The van der Waals surface area contributed by atoms with Gasteiger partial charge >= 0.3 is 0 Å². The molecular weight excluding hydrogens is 777 g/mol. The van der Waals surface area contributed by atoms with Gasteiger partial charge in [0.05, 0.1) is 16.4 Å². The fourth-order valence-electron chi connectivity index (χ4n) is 10.8. The van der Waals surface area contributed by atoms with Crippen LogP contribution in [0.25, 0.3) is 71.7 Å². The van der Waals surface area contributed by atoms with Gasteiger partial charge in [-0.15, -0.1) is 0 Å². The second-order valence-electron chi connectivity index (χ2n) is 16.8. The van der Waals surface area contributed by atoms with Crippen LogP contribution in [0.1, 0.15) is 22.3 Å². The molecular formula is C61H40N2O. The summed E-state index contributed by atoms with van der Waals surface area (Å²) in [7, 11) is 0. The third kappa shape index (κ3) is 5.34. The molecule has 1 aliphatic rings. The third-order valence-corrected chi connectivity index (χ3v) is 13.5. The van der Waals surface area contributed by atoms with Crippen molar-refractivity contribution in [1.82, 2.24) is 4.57 Å². The summed E-state index contributed by atoms with van der Waals surface area (Å²) in [5.74, 6) is 0. The maximum absolute atomic E-state index is 6.30. The van der Waals surface area contributed by atoms with Crippen molar-refractivity contribution in [2.75, 3.05) is 4.90 Å². The number of aromatic nitrogens is 1. The minimum atomic E-state index is -0.471. The minimum absolute atomic E-state index is 0.471. The fraction of sp³-hybridized carbons (Fsp3) is 0.0164. The molecule has 0 radical (unpaired) electrons. The molecule has 0 spiro atoms. The van der Waals surface area contributed by atoms with Gasteiger partial charge in [0, 0.05) is 44.3 Å². The van der Waals surface area contributed by atoms with Crippen molar-refractivity contribution >= 4 is 60.8 Å². The second kappa shape index (κ2) is 14.3. The number of rotatable bonds is 7. The van der Waals surface area contributed by atoms with Crippen LogP contribution in [0.2, 0.25) is 0 Å². The Kier molecular flexibility index (Phi) is 8.13. The fourth-order valence-corrected chi connectivity index (χ4v) is 10.8. The first-order valence-electron chi connectivity index (χ1n) is 22.0. The van der Waals surface area contributed by atoms with Crippen molar-refractivity contribution in [3.8, 4) is 27.9 Å². The molecule has 0 saturated heterocycles. The lowest BCUT2D eigenvalue weighted by atomic mass is 9.68. The molecule has 0 atom stereocenters. The summed E-state index contributed by atoms with van der Waals surface area (Å²) >= 11 is 0. The first kappa shape index (κ1) is 36.3. The average molecular weight is 817 g/mol. The Morgan fingerprint density at radius 3 is 1.56 bits per heavy atom. The van der Waals surface area contributed by atoms with Crippen molar-refractivity contribution in [3.63, 3.8) is 0 Å². The Bertz CT molecular complexity index is 3620. The molecule has 3 heteroatoms. The lowest BCUT2D eigenvalue weighted by molar-refractivity contribution is 0.669. The molecule has 1 aliphatic carbocycles. The van der Waals surface area contributed by atoms with E-state index in [4.69, 9.17) is 4.42 Å². The van der Waals surface area contributed by atoms with Crippen LogP contribution in [0, 0.1) is 0 Å². The van der Waals surface area contributed by atoms with Gasteiger partial charge in [0.2, 0.25) is 0 Å². The summed E-state index contributed by atoms with van der Waals surface area (Å²) in [4.78, 5) is 2.40. The van der Waals surface area contributed by atoms with Gasteiger partial charge in [0.25, 0.3) is 0 Å².